The zero-order chi connectivity index (χ0) is 23.4. The van der Waals surface area contributed by atoms with Gasteiger partial charge in [-0.25, -0.2) is 0 Å². The van der Waals surface area contributed by atoms with Crippen LogP contribution in [0.15, 0.2) is 0 Å². The molecule has 29 heavy (non-hydrogen) atoms. The van der Waals surface area contributed by atoms with Gasteiger partial charge < -0.3 is 5.73 Å². The van der Waals surface area contributed by atoms with E-state index in [0.29, 0.717) is 0 Å². The highest BCUT2D eigenvalue weighted by atomic mass is 14.9. The SMILES string of the molecule is CCCCCCCCCCC(C(C)(C)C)(C(C)(C)C)C(N)(C(C)(C)C)C(C)(C)C. The summed E-state index contributed by atoms with van der Waals surface area (Å²) in [6, 6.07) is 0. The summed E-state index contributed by atoms with van der Waals surface area (Å²) in [5.41, 5.74) is 7.66. The van der Waals surface area contributed by atoms with Crippen molar-refractivity contribution in [2.45, 2.75) is 153 Å². The zero-order valence-electron chi connectivity index (χ0n) is 22.9. The number of unbranched alkanes of at least 4 members (excludes halogenated alkanes) is 7. The van der Waals surface area contributed by atoms with Gasteiger partial charge >= 0.3 is 0 Å². The first-order chi connectivity index (χ1) is 12.8. The average molecular weight is 410 g/mol. The molecular formula is C28H59N. The van der Waals surface area contributed by atoms with Gasteiger partial charge in [0.05, 0.1) is 0 Å². The van der Waals surface area contributed by atoms with Gasteiger partial charge in [-0.15, -0.1) is 0 Å². The predicted octanol–water partition coefficient (Wildman–Crippen LogP) is 9.39. The molecule has 0 radical (unpaired) electrons. The molecule has 0 saturated heterocycles. The normalized spacial score (nSPS) is 15.1. The van der Waals surface area contributed by atoms with Crippen LogP contribution in [0.5, 0.6) is 0 Å². The Morgan fingerprint density at radius 1 is 0.448 bits per heavy atom. The summed E-state index contributed by atoms with van der Waals surface area (Å²) >= 11 is 0. The molecule has 0 unspecified atom stereocenters. The van der Waals surface area contributed by atoms with E-state index in [1.165, 1.54) is 57.8 Å². The predicted molar refractivity (Wildman–Crippen MR) is 134 cm³/mol. The maximum absolute atomic E-state index is 7.70. The van der Waals surface area contributed by atoms with E-state index in [1.807, 2.05) is 0 Å². The molecule has 0 saturated carbocycles. The third kappa shape index (κ3) is 6.02. The standard InChI is InChI=1S/C28H59N/c1-14-15-16-17-18-19-20-21-22-27(23(2,3)4,24(5,6)7)28(29,25(8,9)10)26(11,12)13/h14-22,29H2,1-13H3. The molecule has 0 aromatic carbocycles. The second kappa shape index (κ2) is 10.1. The highest BCUT2D eigenvalue weighted by molar-refractivity contribution is 5.21. The van der Waals surface area contributed by atoms with Gasteiger partial charge in [0.1, 0.15) is 0 Å². The van der Waals surface area contributed by atoms with E-state index >= 15 is 0 Å². The molecule has 176 valence electrons. The summed E-state index contributed by atoms with van der Waals surface area (Å²) in [5, 5.41) is 0. The fraction of sp³-hybridized carbons (Fsp3) is 1.00. The number of hydrogen-bond donors (Lipinski definition) is 1. The largest absolute Gasteiger partial charge is 0.324 e. The molecule has 0 aromatic rings. The van der Waals surface area contributed by atoms with Crippen LogP contribution in [0.25, 0.3) is 0 Å². The Labute approximate surface area is 186 Å². The lowest BCUT2D eigenvalue weighted by Gasteiger charge is -2.71. The van der Waals surface area contributed by atoms with Crippen LogP contribution in [0.4, 0.5) is 0 Å². The second-order valence-electron chi connectivity index (χ2n) is 13.9. The molecular weight excluding hydrogens is 350 g/mol. The molecule has 0 fully saturated rings. The summed E-state index contributed by atoms with van der Waals surface area (Å²) in [6.45, 7) is 31.2. The van der Waals surface area contributed by atoms with Crippen molar-refractivity contribution in [1.82, 2.24) is 0 Å². The van der Waals surface area contributed by atoms with E-state index in [9.17, 15) is 0 Å². The molecule has 0 aromatic heterocycles. The van der Waals surface area contributed by atoms with Gasteiger partial charge in [0, 0.05) is 5.54 Å². The third-order valence-electron chi connectivity index (χ3n) is 8.01. The molecule has 1 nitrogen and oxygen atoms in total. The van der Waals surface area contributed by atoms with Crippen LogP contribution >= 0.6 is 0 Å². The Balaban J connectivity index is 5.95. The number of hydrogen-bond acceptors (Lipinski definition) is 1. The Kier molecular flexibility index (Phi) is 10.0. The Bertz CT molecular complexity index is 431. The first kappa shape index (κ1) is 29.0. The topological polar surface area (TPSA) is 26.0 Å². The highest BCUT2D eigenvalue weighted by Gasteiger charge is 2.68. The van der Waals surface area contributed by atoms with Crippen LogP contribution < -0.4 is 5.73 Å². The minimum absolute atomic E-state index is 0.00592. The van der Waals surface area contributed by atoms with Crippen molar-refractivity contribution in [3.63, 3.8) is 0 Å². The van der Waals surface area contributed by atoms with Crippen molar-refractivity contribution < 1.29 is 0 Å². The quantitative estimate of drug-likeness (QED) is 0.357. The fourth-order valence-electron chi connectivity index (χ4n) is 7.18. The summed E-state index contributed by atoms with van der Waals surface area (Å²) in [7, 11) is 0. The number of rotatable bonds is 10. The van der Waals surface area contributed by atoms with Crippen LogP contribution in [0.3, 0.4) is 0 Å². The van der Waals surface area contributed by atoms with Crippen molar-refractivity contribution in [1.29, 1.82) is 0 Å². The van der Waals surface area contributed by atoms with E-state index in [4.69, 9.17) is 5.73 Å². The van der Waals surface area contributed by atoms with Gasteiger partial charge in [-0.05, 0) is 33.5 Å². The molecule has 0 spiro atoms. The molecule has 0 aliphatic heterocycles. The number of nitrogens with two attached hydrogens (primary N) is 1. The van der Waals surface area contributed by atoms with E-state index in [-0.39, 0.29) is 32.6 Å². The molecule has 0 bridgehead atoms. The summed E-state index contributed by atoms with van der Waals surface area (Å²) < 4.78 is 0. The first-order valence-corrected chi connectivity index (χ1v) is 12.6. The molecule has 0 heterocycles. The van der Waals surface area contributed by atoms with E-state index < -0.39 is 0 Å². The summed E-state index contributed by atoms with van der Waals surface area (Å²) in [5.74, 6) is 0. The third-order valence-corrected chi connectivity index (χ3v) is 8.01. The Hall–Kier alpha value is -0.0400. The zero-order valence-corrected chi connectivity index (χ0v) is 22.9. The van der Waals surface area contributed by atoms with E-state index in [0.717, 1.165) is 0 Å². The molecule has 0 aliphatic rings. The molecule has 1 heteroatoms. The Morgan fingerprint density at radius 2 is 0.759 bits per heavy atom. The Morgan fingerprint density at radius 3 is 1.03 bits per heavy atom. The lowest BCUT2D eigenvalue weighted by atomic mass is 9.36. The molecule has 0 amide bonds. The lowest BCUT2D eigenvalue weighted by molar-refractivity contribution is -0.186. The van der Waals surface area contributed by atoms with Gasteiger partial charge in [-0.1, -0.05) is 141 Å². The smallest absolute Gasteiger partial charge is 0.0319 e. The molecule has 0 aliphatic carbocycles. The molecule has 0 atom stereocenters. The van der Waals surface area contributed by atoms with Gasteiger partial charge in [-0.2, -0.15) is 0 Å². The van der Waals surface area contributed by atoms with Crippen LogP contribution in [-0.2, 0) is 0 Å². The first-order valence-electron chi connectivity index (χ1n) is 12.6. The highest BCUT2D eigenvalue weighted by Crippen LogP contribution is 2.68. The molecule has 0 rings (SSSR count). The average Bonchev–Trinajstić information content (AvgIpc) is 2.48. The maximum atomic E-state index is 7.70. The van der Waals surface area contributed by atoms with Gasteiger partial charge in [0.25, 0.3) is 0 Å². The van der Waals surface area contributed by atoms with Crippen LogP contribution in [-0.4, -0.2) is 5.54 Å². The van der Waals surface area contributed by atoms with Crippen LogP contribution in [0.1, 0.15) is 148 Å². The van der Waals surface area contributed by atoms with Crippen molar-refractivity contribution >= 4 is 0 Å². The maximum Gasteiger partial charge on any atom is 0.0319 e. The van der Waals surface area contributed by atoms with Gasteiger partial charge in [-0.3, -0.25) is 0 Å². The van der Waals surface area contributed by atoms with Gasteiger partial charge in [0.15, 0.2) is 0 Å². The van der Waals surface area contributed by atoms with Crippen molar-refractivity contribution in [2.75, 3.05) is 0 Å². The monoisotopic (exact) mass is 409 g/mol. The van der Waals surface area contributed by atoms with Crippen molar-refractivity contribution in [3.05, 3.63) is 0 Å². The van der Waals surface area contributed by atoms with Crippen LogP contribution in [0.2, 0.25) is 0 Å². The summed E-state index contributed by atoms with van der Waals surface area (Å²) in [4.78, 5) is 0. The second-order valence-corrected chi connectivity index (χ2v) is 13.9. The minimum Gasteiger partial charge on any atom is -0.324 e. The summed E-state index contributed by atoms with van der Waals surface area (Å²) in [6.07, 6.45) is 12.1. The minimum atomic E-state index is -0.301. The van der Waals surface area contributed by atoms with Crippen LogP contribution in [0, 0.1) is 27.1 Å². The van der Waals surface area contributed by atoms with Gasteiger partial charge in [0.2, 0.25) is 0 Å². The fourth-order valence-corrected chi connectivity index (χ4v) is 7.18. The molecule has 2 N–H and O–H groups in total. The van der Waals surface area contributed by atoms with E-state index in [2.05, 4.69) is 90.0 Å². The van der Waals surface area contributed by atoms with Crippen molar-refractivity contribution in [2.24, 2.45) is 32.8 Å². The van der Waals surface area contributed by atoms with Crippen molar-refractivity contribution in [3.8, 4) is 0 Å². The lowest BCUT2D eigenvalue weighted by Crippen LogP contribution is -2.76. The van der Waals surface area contributed by atoms with E-state index in [1.54, 1.807) is 0 Å².